The van der Waals surface area contributed by atoms with Gasteiger partial charge in [0.2, 0.25) is 0 Å². The fourth-order valence-electron chi connectivity index (χ4n) is 1.82. The molecule has 0 amide bonds. The summed E-state index contributed by atoms with van der Waals surface area (Å²) in [5, 5.41) is 0. The normalized spacial score (nSPS) is 10.5. The third-order valence-electron chi connectivity index (χ3n) is 2.74. The Morgan fingerprint density at radius 3 is 2.50 bits per heavy atom. The van der Waals surface area contributed by atoms with E-state index in [0.717, 1.165) is 19.9 Å². The number of anilines is 1. The van der Waals surface area contributed by atoms with Gasteiger partial charge in [-0.2, -0.15) is 0 Å². The minimum atomic E-state index is 0.596. The number of nitrogen functional groups attached to an aromatic ring is 1. The summed E-state index contributed by atoms with van der Waals surface area (Å²) >= 11 is 5.04. The lowest BCUT2D eigenvalue weighted by atomic mass is 10.1. The number of hydrazine groups is 1. The van der Waals surface area contributed by atoms with Crippen LogP contribution in [0.5, 0.6) is 0 Å². The van der Waals surface area contributed by atoms with E-state index in [4.69, 9.17) is 5.84 Å². The average Bonchev–Trinajstić information content (AvgIpc) is 2.94. The largest absolute Gasteiger partial charge is 0.308 e. The highest BCUT2D eigenvalue weighted by Gasteiger charge is 2.09. The number of thiophene rings is 1. The number of hydrogen-bond donors (Lipinski definition) is 2. The maximum absolute atomic E-state index is 5.50. The summed E-state index contributed by atoms with van der Waals surface area (Å²) < 4.78 is 1.04. The highest BCUT2D eigenvalue weighted by molar-refractivity contribution is 9.11. The fourth-order valence-corrected chi connectivity index (χ4v) is 3.14. The third-order valence-corrected chi connectivity index (χ3v) is 4.36. The van der Waals surface area contributed by atoms with Crippen molar-refractivity contribution in [2.45, 2.75) is 0 Å². The number of nitrogens with two attached hydrogens (primary N) is 1. The molecule has 0 saturated carbocycles. The van der Waals surface area contributed by atoms with Crippen molar-refractivity contribution in [3.05, 3.63) is 52.3 Å². The molecule has 1 aromatic carbocycles. The Kier molecular flexibility index (Phi) is 3.77. The van der Waals surface area contributed by atoms with Crippen molar-refractivity contribution in [2.24, 2.45) is 5.84 Å². The highest BCUT2D eigenvalue weighted by atomic mass is 79.9. The molecule has 0 atom stereocenters. The Morgan fingerprint density at radius 1 is 1.05 bits per heavy atom. The molecule has 0 unspecified atom stereocenters. The number of halogens is 1. The van der Waals surface area contributed by atoms with Gasteiger partial charge >= 0.3 is 0 Å². The van der Waals surface area contributed by atoms with E-state index >= 15 is 0 Å². The zero-order chi connectivity index (χ0) is 13.9. The molecule has 3 aromatic rings. The molecule has 6 heteroatoms. The van der Waals surface area contributed by atoms with Crippen LogP contribution in [0.3, 0.4) is 0 Å². The van der Waals surface area contributed by atoms with E-state index in [-0.39, 0.29) is 0 Å². The summed E-state index contributed by atoms with van der Waals surface area (Å²) in [5.74, 6) is 6.76. The number of benzene rings is 1. The van der Waals surface area contributed by atoms with E-state index < -0.39 is 0 Å². The highest BCUT2D eigenvalue weighted by Crippen LogP contribution is 2.31. The molecule has 0 bridgehead atoms. The minimum Gasteiger partial charge on any atom is -0.308 e. The average molecular weight is 347 g/mol. The predicted octanol–water partition coefficient (Wildman–Crippen LogP) is 3.92. The van der Waals surface area contributed by atoms with E-state index in [1.54, 1.807) is 11.3 Å². The van der Waals surface area contributed by atoms with Crippen molar-refractivity contribution in [1.29, 1.82) is 0 Å². The van der Waals surface area contributed by atoms with Gasteiger partial charge in [-0.25, -0.2) is 15.8 Å². The van der Waals surface area contributed by atoms with Gasteiger partial charge in [-0.1, -0.05) is 30.3 Å². The first kappa shape index (κ1) is 13.2. The van der Waals surface area contributed by atoms with Crippen LogP contribution in [0, 0.1) is 0 Å². The Morgan fingerprint density at radius 2 is 1.85 bits per heavy atom. The second-order valence-electron chi connectivity index (χ2n) is 4.08. The topological polar surface area (TPSA) is 63.8 Å². The quantitative estimate of drug-likeness (QED) is 0.557. The SMILES string of the molecule is NNc1cc(-c2ccccc2)nc(-c2ccc(Br)s2)n1. The molecule has 4 nitrogen and oxygen atoms in total. The van der Waals surface area contributed by atoms with Crippen molar-refractivity contribution >= 4 is 33.1 Å². The van der Waals surface area contributed by atoms with Gasteiger partial charge in [0.1, 0.15) is 5.82 Å². The van der Waals surface area contributed by atoms with E-state index in [9.17, 15) is 0 Å². The van der Waals surface area contributed by atoms with E-state index in [1.165, 1.54) is 0 Å². The molecule has 2 heterocycles. The van der Waals surface area contributed by atoms with Crippen molar-refractivity contribution in [3.8, 4) is 22.0 Å². The molecular weight excluding hydrogens is 336 g/mol. The van der Waals surface area contributed by atoms with Gasteiger partial charge in [-0.15, -0.1) is 11.3 Å². The van der Waals surface area contributed by atoms with Gasteiger partial charge in [0.25, 0.3) is 0 Å². The maximum Gasteiger partial charge on any atom is 0.172 e. The fraction of sp³-hybridized carbons (Fsp3) is 0. The lowest BCUT2D eigenvalue weighted by Gasteiger charge is -2.06. The van der Waals surface area contributed by atoms with Crippen LogP contribution in [0.1, 0.15) is 0 Å². The standard InChI is InChI=1S/C14H11BrN4S/c15-12-7-6-11(20-12)14-17-10(8-13(18-14)19-16)9-4-2-1-3-5-9/h1-8H,16H2,(H,17,18,19). The van der Waals surface area contributed by atoms with Gasteiger partial charge in [0, 0.05) is 11.6 Å². The van der Waals surface area contributed by atoms with E-state index in [0.29, 0.717) is 11.6 Å². The molecule has 100 valence electrons. The van der Waals surface area contributed by atoms with Gasteiger partial charge in [0.05, 0.1) is 14.4 Å². The van der Waals surface area contributed by atoms with Gasteiger partial charge in [-0.05, 0) is 28.1 Å². The minimum absolute atomic E-state index is 0.596. The van der Waals surface area contributed by atoms with Crippen molar-refractivity contribution in [2.75, 3.05) is 5.43 Å². The zero-order valence-electron chi connectivity index (χ0n) is 10.4. The van der Waals surface area contributed by atoms with E-state index in [1.807, 2.05) is 48.5 Å². The first-order valence-electron chi connectivity index (χ1n) is 5.93. The molecule has 0 aliphatic rings. The van der Waals surface area contributed by atoms with Crippen LogP contribution in [-0.2, 0) is 0 Å². The number of aromatic nitrogens is 2. The van der Waals surface area contributed by atoms with Crippen LogP contribution in [0.2, 0.25) is 0 Å². The Hall–Kier alpha value is -1.76. The summed E-state index contributed by atoms with van der Waals surface area (Å²) in [7, 11) is 0. The van der Waals surface area contributed by atoms with Crippen molar-refractivity contribution < 1.29 is 0 Å². The van der Waals surface area contributed by atoms with Crippen LogP contribution in [-0.4, -0.2) is 9.97 Å². The lowest BCUT2D eigenvalue weighted by molar-refractivity contribution is 1.16. The Labute approximate surface area is 128 Å². The molecule has 0 aliphatic heterocycles. The number of nitrogens with zero attached hydrogens (tertiary/aromatic N) is 2. The Bertz CT molecular complexity index is 727. The molecule has 0 aliphatic carbocycles. The van der Waals surface area contributed by atoms with Crippen LogP contribution >= 0.6 is 27.3 Å². The summed E-state index contributed by atoms with van der Waals surface area (Å²) in [6, 6.07) is 15.8. The van der Waals surface area contributed by atoms with Gasteiger partial charge in [-0.3, -0.25) is 0 Å². The molecule has 0 saturated heterocycles. The second kappa shape index (κ2) is 5.70. The van der Waals surface area contributed by atoms with E-state index in [2.05, 4.69) is 31.3 Å². The zero-order valence-corrected chi connectivity index (χ0v) is 12.8. The maximum atomic E-state index is 5.50. The molecule has 3 rings (SSSR count). The molecule has 0 spiro atoms. The molecule has 20 heavy (non-hydrogen) atoms. The van der Waals surface area contributed by atoms with Crippen LogP contribution in [0.25, 0.3) is 22.0 Å². The monoisotopic (exact) mass is 346 g/mol. The summed E-state index contributed by atoms with van der Waals surface area (Å²) in [6.07, 6.45) is 0. The summed E-state index contributed by atoms with van der Waals surface area (Å²) in [6.45, 7) is 0. The first-order chi connectivity index (χ1) is 9.76. The molecule has 3 N–H and O–H groups in total. The van der Waals surface area contributed by atoms with Crippen LogP contribution in [0.15, 0.2) is 52.3 Å². The van der Waals surface area contributed by atoms with Crippen LogP contribution < -0.4 is 11.3 Å². The molecular formula is C14H11BrN4S. The number of nitrogens with one attached hydrogen (secondary N) is 1. The predicted molar refractivity (Wildman–Crippen MR) is 86.3 cm³/mol. The summed E-state index contributed by atoms with van der Waals surface area (Å²) in [4.78, 5) is 10.0. The lowest BCUT2D eigenvalue weighted by Crippen LogP contribution is -2.09. The molecule has 2 aromatic heterocycles. The Balaban J connectivity index is 2.12. The number of hydrogen-bond acceptors (Lipinski definition) is 5. The number of rotatable bonds is 3. The van der Waals surface area contributed by atoms with Crippen LogP contribution in [0.4, 0.5) is 5.82 Å². The third kappa shape index (κ3) is 2.72. The second-order valence-corrected chi connectivity index (χ2v) is 6.54. The van der Waals surface area contributed by atoms with Crippen molar-refractivity contribution in [1.82, 2.24) is 9.97 Å². The smallest absolute Gasteiger partial charge is 0.172 e. The first-order valence-corrected chi connectivity index (χ1v) is 7.54. The van der Waals surface area contributed by atoms with Gasteiger partial charge < -0.3 is 5.43 Å². The summed E-state index contributed by atoms with van der Waals surface area (Å²) in [5.41, 5.74) is 4.47. The van der Waals surface area contributed by atoms with Gasteiger partial charge in [0.15, 0.2) is 5.82 Å². The molecule has 0 fully saturated rings. The molecule has 0 radical (unpaired) electrons. The van der Waals surface area contributed by atoms with Crippen molar-refractivity contribution in [3.63, 3.8) is 0 Å².